The lowest BCUT2D eigenvalue weighted by Crippen LogP contribution is -2.31. The third-order valence-electron chi connectivity index (χ3n) is 3.89. The van der Waals surface area contributed by atoms with Crippen molar-refractivity contribution in [2.45, 2.75) is 25.7 Å². The number of nitrogens with one attached hydrogen (secondary N) is 2. The highest BCUT2D eigenvalue weighted by Crippen LogP contribution is 2.22. The topological polar surface area (TPSA) is 99.3 Å². The molecule has 0 aliphatic carbocycles. The molecule has 0 aliphatic rings. The number of hydrogen-bond donors (Lipinski definition) is 2. The number of benzene rings is 1. The molecule has 9 heteroatoms. The van der Waals surface area contributed by atoms with E-state index in [0.717, 1.165) is 0 Å². The lowest BCUT2D eigenvalue weighted by Gasteiger charge is -2.20. The van der Waals surface area contributed by atoms with Gasteiger partial charge in [-0.25, -0.2) is 8.42 Å². The van der Waals surface area contributed by atoms with Gasteiger partial charge in [0.25, 0.3) is 11.5 Å². The van der Waals surface area contributed by atoms with Crippen LogP contribution < -0.4 is 10.9 Å². The number of rotatable bonds is 6. The van der Waals surface area contributed by atoms with Crippen LogP contribution in [0.4, 0.5) is 5.69 Å². The first-order valence-electron chi connectivity index (χ1n) is 8.01. The molecule has 0 aliphatic heterocycles. The van der Waals surface area contributed by atoms with E-state index in [-0.39, 0.29) is 16.1 Å². The normalized spacial score (nSPS) is 11.6. The van der Waals surface area contributed by atoms with Crippen LogP contribution in [0.3, 0.4) is 0 Å². The fraction of sp³-hybridized carbons (Fsp3) is 0.294. The summed E-state index contributed by atoms with van der Waals surface area (Å²) in [6.07, 6.45) is 1.46. The fourth-order valence-corrected chi connectivity index (χ4v) is 4.52. The van der Waals surface area contributed by atoms with Gasteiger partial charge in [0.2, 0.25) is 10.0 Å². The van der Waals surface area contributed by atoms with E-state index in [0.29, 0.717) is 23.1 Å². The minimum absolute atomic E-state index is 0.0677. The van der Waals surface area contributed by atoms with Crippen LogP contribution in [0, 0.1) is 6.92 Å². The first-order chi connectivity index (χ1) is 12.2. The number of carbonyl (C=O) groups is 1. The third kappa shape index (κ3) is 4.22. The van der Waals surface area contributed by atoms with E-state index in [9.17, 15) is 18.0 Å². The van der Waals surface area contributed by atoms with Crippen LogP contribution >= 0.6 is 15.9 Å². The number of amides is 1. The van der Waals surface area contributed by atoms with E-state index in [1.807, 2.05) is 0 Å². The van der Waals surface area contributed by atoms with E-state index >= 15 is 0 Å². The van der Waals surface area contributed by atoms with Crippen molar-refractivity contribution in [3.8, 4) is 0 Å². The molecule has 0 fully saturated rings. The second-order valence-electron chi connectivity index (χ2n) is 5.58. The maximum Gasteiger partial charge on any atom is 0.271 e. The summed E-state index contributed by atoms with van der Waals surface area (Å²) in [7, 11) is -3.70. The molecule has 2 aromatic rings. The molecule has 1 amide bonds. The summed E-state index contributed by atoms with van der Waals surface area (Å²) >= 11 is 3.22. The predicted molar refractivity (Wildman–Crippen MR) is 104 cm³/mol. The molecule has 7 nitrogen and oxygen atoms in total. The Balaban J connectivity index is 2.41. The van der Waals surface area contributed by atoms with Crippen molar-refractivity contribution in [2.75, 3.05) is 18.4 Å². The molecule has 1 aromatic carbocycles. The van der Waals surface area contributed by atoms with Crippen LogP contribution in [-0.2, 0) is 10.0 Å². The monoisotopic (exact) mass is 441 g/mol. The third-order valence-corrected chi connectivity index (χ3v) is 6.54. The van der Waals surface area contributed by atoms with Gasteiger partial charge < -0.3 is 10.3 Å². The predicted octanol–water partition coefficient (Wildman–Crippen LogP) is 2.73. The largest absolute Gasteiger partial charge is 0.326 e. The summed E-state index contributed by atoms with van der Waals surface area (Å²) in [5, 5.41) is 2.50. The lowest BCUT2D eigenvalue weighted by molar-refractivity contribution is 0.102. The molecule has 1 heterocycles. The molecule has 0 radical (unpaired) electrons. The molecule has 0 saturated carbocycles. The van der Waals surface area contributed by atoms with Crippen molar-refractivity contribution in [3.05, 3.63) is 56.4 Å². The van der Waals surface area contributed by atoms with Gasteiger partial charge in [0.1, 0.15) is 5.69 Å². The first-order valence-corrected chi connectivity index (χ1v) is 10.2. The molecule has 26 heavy (non-hydrogen) atoms. The molecule has 0 bridgehead atoms. The summed E-state index contributed by atoms with van der Waals surface area (Å²) < 4.78 is 27.5. The smallest absolute Gasteiger partial charge is 0.271 e. The van der Waals surface area contributed by atoms with Gasteiger partial charge in [0.05, 0.1) is 4.90 Å². The number of aromatic nitrogens is 1. The van der Waals surface area contributed by atoms with Crippen LogP contribution in [0.25, 0.3) is 0 Å². The van der Waals surface area contributed by atoms with E-state index in [1.54, 1.807) is 26.8 Å². The second-order valence-corrected chi connectivity index (χ2v) is 8.41. The van der Waals surface area contributed by atoms with Gasteiger partial charge in [-0.05, 0) is 46.6 Å². The van der Waals surface area contributed by atoms with Crippen LogP contribution in [0.2, 0.25) is 0 Å². The summed E-state index contributed by atoms with van der Waals surface area (Å²) in [4.78, 5) is 26.8. The van der Waals surface area contributed by atoms with Crippen molar-refractivity contribution < 1.29 is 13.2 Å². The summed E-state index contributed by atoms with van der Waals surface area (Å²) in [5.74, 6) is -0.565. The zero-order valence-corrected chi connectivity index (χ0v) is 17.1. The number of aryl methyl sites for hydroxylation is 1. The van der Waals surface area contributed by atoms with Gasteiger partial charge >= 0.3 is 0 Å². The molecule has 1 aromatic heterocycles. The highest BCUT2D eigenvalue weighted by molar-refractivity contribution is 9.10. The minimum atomic E-state index is -3.70. The Morgan fingerprint density at radius 1 is 1.23 bits per heavy atom. The Morgan fingerprint density at radius 3 is 2.50 bits per heavy atom. The Labute approximate surface area is 160 Å². The maximum atomic E-state index is 12.8. The van der Waals surface area contributed by atoms with Gasteiger partial charge in [-0.1, -0.05) is 19.9 Å². The van der Waals surface area contributed by atoms with E-state index in [4.69, 9.17) is 0 Å². The van der Waals surface area contributed by atoms with E-state index in [2.05, 4.69) is 26.2 Å². The molecule has 2 N–H and O–H groups in total. The zero-order chi connectivity index (χ0) is 19.5. The summed E-state index contributed by atoms with van der Waals surface area (Å²) in [5.41, 5.74) is 0.317. The number of pyridine rings is 1. The van der Waals surface area contributed by atoms with Crippen molar-refractivity contribution in [2.24, 2.45) is 0 Å². The highest BCUT2D eigenvalue weighted by atomic mass is 79.9. The van der Waals surface area contributed by atoms with Crippen molar-refractivity contribution >= 4 is 37.5 Å². The second kappa shape index (κ2) is 8.15. The van der Waals surface area contributed by atoms with E-state index < -0.39 is 21.5 Å². The number of nitrogens with zero attached hydrogens (tertiary/aromatic N) is 1. The number of halogens is 1. The summed E-state index contributed by atoms with van der Waals surface area (Å²) in [6, 6.07) is 5.91. The molecule has 2 rings (SSSR count). The van der Waals surface area contributed by atoms with Crippen molar-refractivity contribution in [1.82, 2.24) is 9.29 Å². The molecule has 0 atom stereocenters. The highest BCUT2D eigenvalue weighted by Gasteiger charge is 2.24. The molecule has 0 saturated heterocycles. The zero-order valence-electron chi connectivity index (χ0n) is 14.7. The molecule has 140 valence electrons. The van der Waals surface area contributed by atoms with Crippen molar-refractivity contribution in [3.63, 3.8) is 0 Å². The van der Waals surface area contributed by atoms with Gasteiger partial charge in [0.15, 0.2) is 0 Å². The minimum Gasteiger partial charge on any atom is -0.326 e. The number of anilines is 1. The van der Waals surface area contributed by atoms with Crippen LogP contribution in [0.5, 0.6) is 0 Å². The average Bonchev–Trinajstić information content (AvgIpc) is 2.59. The average molecular weight is 442 g/mol. The molecular formula is C17H20BrN3O4S. The van der Waals surface area contributed by atoms with Crippen LogP contribution in [-0.4, -0.2) is 36.7 Å². The number of sulfonamides is 1. The van der Waals surface area contributed by atoms with Gasteiger partial charge in [-0.2, -0.15) is 4.31 Å². The fourth-order valence-electron chi connectivity index (χ4n) is 2.47. The number of carbonyl (C=O) groups excluding carboxylic acids is 1. The molecule has 0 unspecified atom stereocenters. The standard InChI is InChI=1S/C17H20BrN3O4S/c1-4-21(5-2)26(24,25)15-8-12(7-6-11(15)3)16(22)20-14-9-13(18)10-19-17(14)23/h6-10H,4-5H2,1-3H3,(H,19,23)(H,20,22). The Morgan fingerprint density at radius 2 is 1.88 bits per heavy atom. The number of H-pyrrole nitrogens is 1. The maximum absolute atomic E-state index is 12.8. The van der Waals surface area contributed by atoms with Gasteiger partial charge in [-0.15, -0.1) is 0 Å². The Bertz CT molecular complexity index is 982. The first kappa shape index (κ1) is 20.3. The Kier molecular flexibility index (Phi) is 6.38. The number of aromatic amines is 1. The van der Waals surface area contributed by atoms with E-state index in [1.165, 1.54) is 28.7 Å². The SMILES string of the molecule is CCN(CC)S(=O)(=O)c1cc(C(=O)Nc2cc(Br)c[nH]c2=O)ccc1C. The van der Waals surface area contributed by atoms with Gasteiger partial charge in [0, 0.05) is 29.3 Å². The van der Waals surface area contributed by atoms with Crippen molar-refractivity contribution in [1.29, 1.82) is 0 Å². The molecule has 0 spiro atoms. The van der Waals surface area contributed by atoms with Gasteiger partial charge in [-0.3, -0.25) is 9.59 Å². The number of hydrogen-bond acceptors (Lipinski definition) is 4. The Hall–Kier alpha value is -1.97. The van der Waals surface area contributed by atoms with Crippen LogP contribution in [0.1, 0.15) is 29.8 Å². The lowest BCUT2D eigenvalue weighted by atomic mass is 10.1. The van der Waals surface area contributed by atoms with Crippen LogP contribution in [0.15, 0.2) is 44.6 Å². The quantitative estimate of drug-likeness (QED) is 0.719. The molecular weight excluding hydrogens is 422 g/mol. The summed E-state index contributed by atoms with van der Waals surface area (Å²) in [6.45, 7) is 5.86.